The third-order valence-electron chi connectivity index (χ3n) is 6.87. The van der Waals surface area contributed by atoms with Crippen LogP contribution in [0.1, 0.15) is 50.5 Å². The average molecular weight is 484 g/mol. The summed E-state index contributed by atoms with van der Waals surface area (Å²) in [6, 6.07) is 7.12. The summed E-state index contributed by atoms with van der Waals surface area (Å²) in [5.41, 5.74) is -0.299. The van der Waals surface area contributed by atoms with Crippen molar-refractivity contribution in [2.45, 2.75) is 70.7 Å². The number of nitrogens with one attached hydrogen (secondary N) is 1. The van der Waals surface area contributed by atoms with E-state index in [2.05, 4.69) is 16.5 Å². The Kier molecular flexibility index (Phi) is 6.95. The van der Waals surface area contributed by atoms with E-state index in [0.717, 1.165) is 23.4 Å². The van der Waals surface area contributed by atoms with E-state index in [0.29, 0.717) is 18.4 Å². The predicted octanol–water partition coefficient (Wildman–Crippen LogP) is 1.12. The molecule has 2 aromatic heterocycles. The molecule has 4 rings (SSSR count). The monoisotopic (exact) mass is 483 g/mol. The molecular formula is C25H33N5O5. The zero-order valence-corrected chi connectivity index (χ0v) is 20.4. The van der Waals surface area contributed by atoms with E-state index in [-0.39, 0.29) is 31.8 Å². The molecule has 3 aromatic rings. The smallest absolute Gasteiger partial charge is 0.328 e. The van der Waals surface area contributed by atoms with Crippen molar-refractivity contribution in [3.05, 3.63) is 62.7 Å². The number of hydrogen-bond acceptors (Lipinski definition) is 6. The van der Waals surface area contributed by atoms with E-state index in [1.807, 2.05) is 24.3 Å². The van der Waals surface area contributed by atoms with E-state index in [1.165, 1.54) is 22.6 Å². The van der Waals surface area contributed by atoms with E-state index >= 15 is 0 Å². The summed E-state index contributed by atoms with van der Waals surface area (Å²) in [6.07, 6.45) is 1.90. The number of amides is 1. The average Bonchev–Trinajstić information content (AvgIpc) is 3.09. The number of hydrogen-bond donors (Lipinski definition) is 3. The van der Waals surface area contributed by atoms with Crippen LogP contribution in [0.3, 0.4) is 0 Å². The van der Waals surface area contributed by atoms with Gasteiger partial charge in [-0.25, -0.2) is 9.78 Å². The van der Waals surface area contributed by atoms with Gasteiger partial charge in [-0.05, 0) is 39.3 Å². The van der Waals surface area contributed by atoms with Gasteiger partial charge in [-0.15, -0.1) is 0 Å². The minimum Gasteiger partial charge on any atom is -0.391 e. The Morgan fingerprint density at radius 1 is 1.26 bits per heavy atom. The molecule has 0 aliphatic carbocycles. The highest BCUT2D eigenvalue weighted by Crippen LogP contribution is 2.31. The number of carbonyl (C=O) groups excluding carboxylic acids is 1. The molecule has 188 valence electrons. The number of aryl methyl sites for hydroxylation is 3. The van der Waals surface area contributed by atoms with Gasteiger partial charge in [0, 0.05) is 50.7 Å². The number of imidazole rings is 1. The summed E-state index contributed by atoms with van der Waals surface area (Å²) in [7, 11) is 0. The number of aromatic nitrogens is 4. The number of fused-ring (bicyclic) bond motifs is 1. The highest BCUT2D eigenvalue weighted by molar-refractivity contribution is 5.77. The van der Waals surface area contributed by atoms with Crippen LogP contribution in [0, 0.1) is 6.92 Å². The van der Waals surface area contributed by atoms with Crippen molar-refractivity contribution < 1.29 is 15.0 Å². The summed E-state index contributed by atoms with van der Waals surface area (Å²) in [4.78, 5) is 46.0. The second-order valence-electron chi connectivity index (χ2n) is 9.62. The Morgan fingerprint density at radius 3 is 2.74 bits per heavy atom. The van der Waals surface area contributed by atoms with Crippen molar-refractivity contribution in [2.75, 3.05) is 13.1 Å². The van der Waals surface area contributed by atoms with Crippen LogP contribution in [0.15, 0.2) is 40.1 Å². The molecule has 1 aliphatic rings. The first-order valence-electron chi connectivity index (χ1n) is 12.0. The lowest BCUT2D eigenvalue weighted by Crippen LogP contribution is -2.47. The van der Waals surface area contributed by atoms with Gasteiger partial charge in [0.25, 0.3) is 5.56 Å². The molecule has 3 atom stereocenters. The second-order valence-corrected chi connectivity index (χ2v) is 9.62. The number of β-amino-alcohol motifs (C(OH)–C–C–N with tert-alkyl or cyclic N) is 1. The molecule has 3 N–H and O–H groups in total. The molecule has 0 bridgehead atoms. The van der Waals surface area contributed by atoms with Gasteiger partial charge in [0.15, 0.2) is 0 Å². The molecule has 10 heteroatoms. The maximum absolute atomic E-state index is 13.2. The summed E-state index contributed by atoms with van der Waals surface area (Å²) in [5.74, 6) is 0.758. The molecule has 10 nitrogen and oxygen atoms in total. The molecule has 1 saturated heterocycles. The molecule has 1 aliphatic heterocycles. The van der Waals surface area contributed by atoms with Crippen molar-refractivity contribution in [1.82, 2.24) is 24.0 Å². The zero-order valence-electron chi connectivity index (χ0n) is 20.4. The Hall–Kier alpha value is -3.24. The highest BCUT2D eigenvalue weighted by Gasteiger charge is 2.41. The van der Waals surface area contributed by atoms with E-state index in [4.69, 9.17) is 4.98 Å². The molecule has 1 aromatic carbocycles. The van der Waals surface area contributed by atoms with Gasteiger partial charge in [-0.3, -0.25) is 19.1 Å². The minimum absolute atomic E-state index is 0.00736. The fourth-order valence-electron chi connectivity index (χ4n) is 5.05. The van der Waals surface area contributed by atoms with E-state index < -0.39 is 29.0 Å². The minimum atomic E-state index is -1.46. The Balaban J connectivity index is 1.51. The topological polar surface area (TPSA) is 133 Å². The maximum Gasteiger partial charge on any atom is 0.328 e. The maximum atomic E-state index is 13.2. The number of aliphatic hydroxyl groups excluding tert-OH is 1. The van der Waals surface area contributed by atoms with Crippen molar-refractivity contribution >= 4 is 16.9 Å². The molecule has 0 spiro atoms. The van der Waals surface area contributed by atoms with Crippen molar-refractivity contribution in [3.8, 4) is 0 Å². The summed E-state index contributed by atoms with van der Waals surface area (Å²) < 4.78 is 3.41. The standard InChI is InChI=1S/C25H33N5O5/c1-4-29-19-9-6-5-8-18(19)26-21(29)10-7-11-22(32)28-14-17(31)12-25(3,35)20(15-28)30-13-16(2)23(33)27-24(30)34/h5-6,8-9,13,17,20,31,35H,4,7,10-12,14-15H2,1-3H3,(H,27,33,34)/t17-,20+,25+/m1/s1. The van der Waals surface area contributed by atoms with E-state index in [9.17, 15) is 24.6 Å². The van der Waals surface area contributed by atoms with Crippen LogP contribution in [0.4, 0.5) is 0 Å². The molecule has 0 unspecified atom stereocenters. The van der Waals surface area contributed by atoms with Crippen LogP contribution in [0.2, 0.25) is 0 Å². The Labute approximate surface area is 202 Å². The van der Waals surface area contributed by atoms with Gasteiger partial charge in [0.1, 0.15) is 5.82 Å². The highest BCUT2D eigenvalue weighted by atomic mass is 16.3. The number of carbonyl (C=O) groups is 1. The van der Waals surface area contributed by atoms with Gasteiger partial charge < -0.3 is 19.7 Å². The van der Waals surface area contributed by atoms with Crippen LogP contribution < -0.4 is 11.2 Å². The molecule has 1 fully saturated rings. The first-order valence-corrected chi connectivity index (χ1v) is 12.0. The van der Waals surface area contributed by atoms with Gasteiger partial charge in [0.2, 0.25) is 5.91 Å². The Morgan fingerprint density at radius 2 is 2.00 bits per heavy atom. The number of benzene rings is 1. The fraction of sp³-hybridized carbons (Fsp3) is 0.520. The number of aromatic amines is 1. The van der Waals surface area contributed by atoms with Crippen molar-refractivity contribution in [3.63, 3.8) is 0 Å². The van der Waals surface area contributed by atoms with Gasteiger partial charge in [-0.2, -0.15) is 0 Å². The van der Waals surface area contributed by atoms with Gasteiger partial charge in [0.05, 0.1) is 28.8 Å². The number of rotatable bonds is 6. The summed E-state index contributed by atoms with van der Waals surface area (Å²) in [5, 5.41) is 21.6. The lowest BCUT2D eigenvalue weighted by Gasteiger charge is -2.34. The number of H-pyrrole nitrogens is 1. The molecule has 0 saturated carbocycles. The molecule has 1 amide bonds. The predicted molar refractivity (Wildman–Crippen MR) is 131 cm³/mol. The van der Waals surface area contributed by atoms with E-state index in [1.54, 1.807) is 6.92 Å². The number of aliphatic hydroxyl groups is 2. The third-order valence-corrected chi connectivity index (χ3v) is 6.87. The molecule has 3 heterocycles. The first-order chi connectivity index (χ1) is 16.6. The molecular weight excluding hydrogens is 450 g/mol. The van der Waals surface area contributed by atoms with Crippen LogP contribution in [-0.2, 0) is 17.8 Å². The van der Waals surface area contributed by atoms with Crippen LogP contribution in [-0.4, -0.2) is 64.9 Å². The fourth-order valence-corrected chi connectivity index (χ4v) is 5.05. The molecule has 35 heavy (non-hydrogen) atoms. The van der Waals surface area contributed by atoms with Crippen molar-refractivity contribution in [1.29, 1.82) is 0 Å². The first kappa shape index (κ1) is 24.9. The van der Waals surface area contributed by atoms with Crippen LogP contribution in [0.5, 0.6) is 0 Å². The lowest BCUT2D eigenvalue weighted by molar-refractivity contribution is -0.133. The van der Waals surface area contributed by atoms with Gasteiger partial charge in [-0.1, -0.05) is 12.1 Å². The molecule has 0 radical (unpaired) electrons. The number of likely N-dealkylation sites (tertiary alicyclic amines) is 1. The zero-order chi connectivity index (χ0) is 25.3. The number of nitrogens with zero attached hydrogens (tertiary/aromatic N) is 4. The van der Waals surface area contributed by atoms with Gasteiger partial charge >= 0.3 is 5.69 Å². The second kappa shape index (κ2) is 9.79. The third kappa shape index (κ3) is 5.08. The largest absolute Gasteiger partial charge is 0.391 e. The summed E-state index contributed by atoms with van der Waals surface area (Å²) >= 11 is 0. The van der Waals surface area contributed by atoms with Crippen LogP contribution >= 0.6 is 0 Å². The normalized spacial score (nSPS) is 22.9. The van der Waals surface area contributed by atoms with Crippen molar-refractivity contribution in [2.24, 2.45) is 0 Å². The SMILES string of the molecule is CCn1c(CCCC(=O)N2C[C@H](O)C[C@](C)(O)[C@@H](n3cc(C)c(=O)[nH]c3=O)C2)nc2ccccc21. The van der Waals surface area contributed by atoms with Crippen LogP contribution in [0.25, 0.3) is 11.0 Å². The number of para-hydroxylation sites is 2. The lowest BCUT2D eigenvalue weighted by atomic mass is 9.91. The summed E-state index contributed by atoms with van der Waals surface area (Å²) in [6.45, 7) is 6.07. The Bertz CT molecular complexity index is 1340. The quantitative estimate of drug-likeness (QED) is 0.481.